The Bertz CT molecular complexity index is 512. The zero-order valence-corrected chi connectivity index (χ0v) is 12.5. The Kier molecular flexibility index (Phi) is 4.78. The van der Waals surface area contributed by atoms with Crippen LogP contribution in [0.2, 0.25) is 0 Å². The molecule has 0 saturated carbocycles. The maximum atomic E-state index is 6.05. The van der Waals surface area contributed by atoms with Gasteiger partial charge in [-0.2, -0.15) is 0 Å². The third-order valence-corrected chi connectivity index (χ3v) is 3.71. The molecule has 0 aliphatic rings. The summed E-state index contributed by atoms with van der Waals surface area (Å²) >= 11 is 9.53. The predicted octanol–water partition coefficient (Wildman–Crippen LogP) is 3.22. The van der Waals surface area contributed by atoms with Crippen molar-refractivity contribution in [1.82, 2.24) is 15.0 Å². The molecule has 0 amide bonds. The van der Waals surface area contributed by atoms with E-state index in [0.717, 1.165) is 23.0 Å². The summed E-state index contributed by atoms with van der Waals surface area (Å²) in [6.45, 7) is 0. The Morgan fingerprint density at radius 1 is 1.39 bits per heavy atom. The molecular weight excluding hydrogens is 314 g/mol. The summed E-state index contributed by atoms with van der Waals surface area (Å²) in [5.74, 6) is 1.01. The molecule has 0 fully saturated rings. The minimum absolute atomic E-state index is 0.387. The van der Waals surface area contributed by atoms with Crippen LogP contribution in [0.1, 0.15) is 11.3 Å². The van der Waals surface area contributed by atoms with Gasteiger partial charge in [0.15, 0.2) is 0 Å². The Balaban J connectivity index is 2.01. The highest BCUT2D eigenvalue weighted by molar-refractivity contribution is 9.10. The summed E-state index contributed by atoms with van der Waals surface area (Å²) in [6.07, 6.45) is 3.77. The van der Waals surface area contributed by atoms with Gasteiger partial charge in [-0.25, -0.2) is 0 Å². The van der Waals surface area contributed by atoms with E-state index in [4.69, 9.17) is 11.6 Å². The van der Waals surface area contributed by atoms with E-state index in [9.17, 15) is 0 Å². The molecule has 2 rings (SSSR count). The third kappa shape index (κ3) is 3.82. The highest BCUT2D eigenvalue weighted by atomic mass is 79.9. The molecule has 1 aromatic heterocycles. The van der Waals surface area contributed by atoms with Crippen LogP contribution in [0.5, 0.6) is 0 Å². The first-order valence-electron chi connectivity index (χ1n) is 5.83. The van der Waals surface area contributed by atoms with Gasteiger partial charge in [0.1, 0.15) is 0 Å². The lowest BCUT2D eigenvalue weighted by molar-refractivity contribution is 0.574. The fourth-order valence-electron chi connectivity index (χ4n) is 1.96. The van der Waals surface area contributed by atoms with Crippen LogP contribution < -0.4 is 0 Å². The Morgan fingerprint density at radius 2 is 2.22 bits per heavy atom. The number of alkyl halides is 1. The Labute approximate surface area is 120 Å². The molecule has 3 nitrogen and oxygen atoms in total. The van der Waals surface area contributed by atoms with E-state index >= 15 is 0 Å². The van der Waals surface area contributed by atoms with E-state index in [1.54, 1.807) is 4.68 Å². The summed E-state index contributed by atoms with van der Waals surface area (Å²) < 4.78 is 2.83. The second kappa shape index (κ2) is 6.34. The summed E-state index contributed by atoms with van der Waals surface area (Å²) in [6, 6.07) is 8.34. The van der Waals surface area contributed by atoms with Crippen molar-refractivity contribution in [1.29, 1.82) is 0 Å². The second-order valence-electron chi connectivity index (χ2n) is 4.44. The van der Waals surface area contributed by atoms with E-state index in [1.165, 1.54) is 5.56 Å². The van der Waals surface area contributed by atoms with Crippen molar-refractivity contribution in [2.24, 2.45) is 13.0 Å². The van der Waals surface area contributed by atoms with Gasteiger partial charge in [-0.1, -0.05) is 33.3 Å². The molecule has 1 unspecified atom stereocenters. The average molecular weight is 329 g/mol. The summed E-state index contributed by atoms with van der Waals surface area (Å²) in [5, 5.41) is 8.05. The van der Waals surface area contributed by atoms with Crippen molar-refractivity contribution < 1.29 is 0 Å². The summed E-state index contributed by atoms with van der Waals surface area (Å²) in [7, 11) is 1.88. The van der Waals surface area contributed by atoms with E-state index in [2.05, 4.69) is 38.4 Å². The van der Waals surface area contributed by atoms with Crippen LogP contribution in [0.25, 0.3) is 0 Å². The van der Waals surface area contributed by atoms with Gasteiger partial charge >= 0.3 is 0 Å². The fraction of sp³-hybridized carbons (Fsp3) is 0.385. The molecule has 0 N–H and O–H groups in total. The number of aryl methyl sites for hydroxylation is 1. The normalized spacial score (nSPS) is 12.6. The van der Waals surface area contributed by atoms with Crippen molar-refractivity contribution >= 4 is 27.5 Å². The minimum Gasteiger partial charge on any atom is -0.255 e. The maximum absolute atomic E-state index is 6.05. The number of halogens is 2. The van der Waals surface area contributed by atoms with Crippen LogP contribution in [-0.2, 0) is 19.9 Å². The monoisotopic (exact) mass is 327 g/mol. The van der Waals surface area contributed by atoms with Gasteiger partial charge in [0.2, 0.25) is 0 Å². The van der Waals surface area contributed by atoms with Gasteiger partial charge in [-0.3, -0.25) is 4.68 Å². The molecule has 5 heteroatoms. The van der Waals surface area contributed by atoms with Gasteiger partial charge in [-0.05, 0) is 36.5 Å². The Morgan fingerprint density at radius 3 is 2.83 bits per heavy atom. The topological polar surface area (TPSA) is 30.7 Å². The van der Waals surface area contributed by atoms with Crippen LogP contribution in [0, 0.1) is 5.92 Å². The first kappa shape index (κ1) is 13.6. The van der Waals surface area contributed by atoms with Crippen LogP contribution in [-0.4, -0.2) is 20.9 Å². The zero-order valence-electron chi connectivity index (χ0n) is 10.2. The molecule has 1 atom stereocenters. The van der Waals surface area contributed by atoms with Crippen LogP contribution in [0.3, 0.4) is 0 Å². The lowest BCUT2D eigenvalue weighted by Crippen LogP contribution is -2.10. The quantitative estimate of drug-likeness (QED) is 0.789. The number of nitrogens with zero attached hydrogens (tertiary/aromatic N) is 3. The predicted molar refractivity (Wildman–Crippen MR) is 76.8 cm³/mol. The standard InChI is InChI=1S/C13H15BrClN3/c1-18-9-13(16-17-18)7-11(8-15)5-10-3-2-4-12(14)6-10/h2-4,6,9,11H,5,7-8H2,1H3. The molecule has 0 saturated heterocycles. The first-order chi connectivity index (χ1) is 8.67. The van der Waals surface area contributed by atoms with Crippen molar-refractivity contribution in [2.45, 2.75) is 12.8 Å². The molecule has 0 aliphatic heterocycles. The molecule has 1 aromatic carbocycles. The van der Waals surface area contributed by atoms with E-state index < -0.39 is 0 Å². The maximum Gasteiger partial charge on any atom is 0.0830 e. The first-order valence-corrected chi connectivity index (χ1v) is 7.15. The number of hydrogen-bond acceptors (Lipinski definition) is 2. The van der Waals surface area contributed by atoms with Crippen molar-refractivity contribution in [2.75, 3.05) is 5.88 Å². The molecule has 0 aliphatic carbocycles. The number of benzene rings is 1. The van der Waals surface area contributed by atoms with Gasteiger partial charge < -0.3 is 0 Å². The van der Waals surface area contributed by atoms with Crippen LogP contribution >= 0.6 is 27.5 Å². The van der Waals surface area contributed by atoms with E-state index in [-0.39, 0.29) is 0 Å². The zero-order chi connectivity index (χ0) is 13.0. The van der Waals surface area contributed by atoms with Gasteiger partial charge in [0.25, 0.3) is 0 Å². The molecule has 96 valence electrons. The minimum atomic E-state index is 0.387. The molecule has 18 heavy (non-hydrogen) atoms. The molecule has 0 spiro atoms. The van der Waals surface area contributed by atoms with E-state index in [0.29, 0.717) is 11.8 Å². The largest absolute Gasteiger partial charge is 0.255 e. The van der Waals surface area contributed by atoms with Crippen molar-refractivity contribution in [3.63, 3.8) is 0 Å². The summed E-state index contributed by atoms with van der Waals surface area (Å²) in [4.78, 5) is 0. The summed E-state index contributed by atoms with van der Waals surface area (Å²) in [5.41, 5.74) is 2.29. The molecular formula is C13H15BrClN3. The highest BCUT2D eigenvalue weighted by Gasteiger charge is 2.12. The average Bonchev–Trinajstić information content (AvgIpc) is 2.74. The van der Waals surface area contributed by atoms with Crippen molar-refractivity contribution in [3.8, 4) is 0 Å². The molecule has 0 radical (unpaired) electrons. The Hall–Kier alpha value is -0.870. The van der Waals surface area contributed by atoms with Gasteiger partial charge in [-0.15, -0.1) is 16.7 Å². The second-order valence-corrected chi connectivity index (χ2v) is 5.67. The molecule has 1 heterocycles. The van der Waals surface area contributed by atoms with E-state index in [1.807, 2.05) is 25.4 Å². The van der Waals surface area contributed by atoms with Crippen LogP contribution in [0.15, 0.2) is 34.9 Å². The van der Waals surface area contributed by atoms with Gasteiger partial charge in [0.05, 0.1) is 5.69 Å². The number of aromatic nitrogens is 3. The molecule has 0 bridgehead atoms. The number of hydrogen-bond donors (Lipinski definition) is 0. The number of rotatable bonds is 5. The van der Waals surface area contributed by atoms with Crippen LogP contribution in [0.4, 0.5) is 0 Å². The smallest absolute Gasteiger partial charge is 0.0830 e. The van der Waals surface area contributed by atoms with Gasteiger partial charge in [0, 0.05) is 23.6 Å². The molecule has 2 aromatic rings. The lowest BCUT2D eigenvalue weighted by atomic mass is 9.97. The lowest BCUT2D eigenvalue weighted by Gasteiger charge is -2.12. The highest BCUT2D eigenvalue weighted by Crippen LogP contribution is 2.18. The fourth-order valence-corrected chi connectivity index (χ4v) is 2.63. The SMILES string of the molecule is Cn1cc(CC(CCl)Cc2cccc(Br)c2)nn1. The third-order valence-electron chi connectivity index (χ3n) is 2.78. The van der Waals surface area contributed by atoms with Crippen molar-refractivity contribution in [3.05, 3.63) is 46.2 Å².